The average Bonchev–Trinajstić information content (AvgIpc) is 2.95. The molecule has 0 spiro atoms. The summed E-state index contributed by atoms with van der Waals surface area (Å²) in [5, 5.41) is 14.0. The van der Waals surface area contributed by atoms with E-state index in [4.69, 9.17) is 4.74 Å². The molecule has 0 radical (unpaired) electrons. The Morgan fingerprint density at radius 2 is 2.04 bits per heavy atom. The molecule has 3 heteroatoms. The fraction of sp³-hybridized carbons (Fsp3) is 0.600. The van der Waals surface area contributed by atoms with Crippen LogP contribution in [0.15, 0.2) is 42.3 Å². The van der Waals surface area contributed by atoms with Crippen LogP contribution in [-0.4, -0.2) is 17.8 Å². The van der Waals surface area contributed by atoms with Gasteiger partial charge >= 0.3 is 0 Å². The van der Waals surface area contributed by atoms with E-state index in [0.29, 0.717) is 18.4 Å². The van der Waals surface area contributed by atoms with Crippen LogP contribution in [-0.2, 0) is 4.74 Å². The van der Waals surface area contributed by atoms with Crippen molar-refractivity contribution in [2.45, 2.75) is 52.2 Å². The second kappa shape index (κ2) is 6.56. The molecule has 2 fully saturated rings. The molecule has 3 rings (SSSR count). The Morgan fingerprint density at radius 3 is 2.70 bits per heavy atom. The molecule has 1 aliphatic heterocycles. The van der Waals surface area contributed by atoms with Gasteiger partial charge in [0.2, 0.25) is 0 Å². The van der Waals surface area contributed by atoms with Crippen LogP contribution in [0.2, 0.25) is 0 Å². The third-order valence-electron chi connectivity index (χ3n) is 5.48. The lowest BCUT2D eigenvalue weighted by Gasteiger charge is -2.40. The number of aliphatic hydroxyl groups excluding tert-OH is 1. The fourth-order valence-electron chi connectivity index (χ4n) is 4.02. The van der Waals surface area contributed by atoms with Gasteiger partial charge in [0.1, 0.15) is 6.61 Å². The van der Waals surface area contributed by atoms with Gasteiger partial charge in [-0.15, -0.1) is 0 Å². The number of ether oxygens (including phenoxy) is 1. The first-order chi connectivity index (χ1) is 11.0. The molecule has 4 atom stereocenters. The fourth-order valence-corrected chi connectivity index (χ4v) is 4.02. The molecule has 1 heterocycles. The van der Waals surface area contributed by atoms with E-state index in [-0.39, 0.29) is 17.6 Å². The molecule has 1 aromatic carbocycles. The standard InChI is InChI=1S/C20H29NO2/c1-14(2)16-9-10-20(3,11-18(16)22)12-19-21-17(13-23-19)15-7-5-4-6-8-15/h4-8,12,14,16-18,21-22H,9-11,13H2,1-3H3/t16-,17-,18+,20+/m0/s1. The quantitative estimate of drug-likeness (QED) is 0.885. The van der Waals surface area contributed by atoms with Crippen molar-refractivity contribution in [3.05, 3.63) is 47.9 Å². The zero-order valence-electron chi connectivity index (χ0n) is 14.5. The van der Waals surface area contributed by atoms with Crippen molar-refractivity contribution in [2.75, 3.05) is 6.61 Å². The van der Waals surface area contributed by atoms with Crippen LogP contribution in [0.4, 0.5) is 0 Å². The van der Waals surface area contributed by atoms with Gasteiger partial charge < -0.3 is 15.2 Å². The number of aliphatic hydroxyl groups is 1. The van der Waals surface area contributed by atoms with Crippen LogP contribution >= 0.6 is 0 Å². The minimum atomic E-state index is -0.211. The smallest absolute Gasteiger partial charge is 0.183 e. The van der Waals surface area contributed by atoms with Crippen molar-refractivity contribution in [3.63, 3.8) is 0 Å². The van der Waals surface area contributed by atoms with E-state index in [1.165, 1.54) is 5.56 Å². The molecule has 0 bridgehead atoms. The van der Waals surface area contributed by atoms with E-state index in [1.54, 1.807) is 0 Å². The summed E-state index contributed by atoms with van der Waals surface area (Å²) < 4.78 is 5.87. The largest absolute Gasteiger partial charge is 0.477 e. The van der Waals surface area contributed by atoms with Crippen LogP contribution in [0.25, 0.3) is 0 Å². The average molecular weight is 315 g/mol. The van der Waals surface area contributed by atoms with Crippen LogP contribution in [0.1, 0.15) is 51.6 Å². The maximum atomic E-state index is 10.5. The Kier molecular flexibility index (Phi) is 4.67. The highest BCUT2D eigenvalue weighted by Crippen LogP contribution is 2.43. The highest BCUT2D eigenvalue weighted by molar-refractivity contribution is 5.22. The highest BCUT2D eigenvalue weighted by atomic mass is 16.5. The second-order valence-corrected chi connectivity index (χ2v) is 7.80. The molecular weight excluding hydrogens is 286 g/mol. The molecule has 0 aromatic heterocycles. The summed E-state index contributed by atoms with van der Waals surface area (Å²) in [4.78, 5) is 0. The van der Waals surface area contributed by atoms with E-state index < -0.39 is 0 Å². The number of nitrogens with one attached hydrogen (secondary N) is 1. The molecule has 3 nitrogen and oxygen atoms in total. The first kappa shape index (κ1) is 16.4. The van der Waals surface area contributed by atoms with E-state index in [0.717, 1.165) is 25.1 Å². The number of hydrogen-bond acceptors (Lipinski definition) is 3. The van der Waals surface area contributed by atoms with E-state index in [9.17, 15) is 5.11 Å². The summed E-state index contributed by atoms with van der Waals surface area (Å²) in [5.74, 6) is 1.85. The van der Waals surface area contributed by atoms with Gasteiger partial charge in [-0.05, 0) is 48.2 Å². The first-order valence-corrected chi connectivity index (χ1v) is 8.82. The van der Waals surface area contributed by atoms with E-state index >= 15 is 0 Å². The van der Waals surface area contributed by atoms with Gasteiger partial charge in [-0.25, -0.2) is 0 Å². The lowest BCUT2D eigenvalue weighted by molar-refractivity contribution is 0.00502. The Balaban J connectivity index is 1.66. The maximum Gasteiger partial charge on any atom is 0.183 e. The van der Waals surface area contributed by atoms with Crippen molar-refractivity contribution < 1.29 is 9.84 Å². The molecule has 1 aliphatic carbocycles. The number of benzene rings is 1. The Morgan fingerprint density at radius 1 is 1.30 bits per heavy atom. The van der Waals surface area contributed by atoms with Crippen molar-refractivity contribution in [1.82, 2.24) is 5.32 Å². The SMILES string of the molecule is CC(C)[C@@H]1CC[C@@](C)(C=C2N[C@H](c3ccccc3)CO2)C[C@H]1O. The molecule has 2 N–H and O–H groups in total. The predicted molar refractivity (Wildman–Crippen MR) is 92.6 cm³/mol. The minimum Gasteiger partial charge on any atom is -0.477 e. The molecule has 1 aromatic rings. The topological polar surface area (TPSA) is 41.5 Å². The molecule has 126 valence electrons. The summed E-state index contributed by atoms with van der Waals surface area (Å²) >= 11 is 0. The molecule has 1 saturated heterocycles. The normalized spacial score (nSPS) is 36.0. The van der Waals surface area contributed by atoms with Crippen molar-refractivity contribution >= 4 is 0 Å². The molecular formula is C20H29NO2. The zero-order valence-corrected chi connectivity index (χ0v) is 14.5. The molecule has 0 unspecified atom stereocenters. The summed E-state index contributed by atoms with van der Waals surface area (Å²) in [6.07, 6.45) is 5.01. The van der Waals surface area contributed by atoms with Crippen molar-refractivity contribution in [1.29, 1.82) is 0 Å². The van der Waals surface area contributed by atoms with Crippen LogP contribution < -0.4 is 5.32 Å². The summed E-state index contributed by atoms with van der Waals surface area (Å²) in [5.41, 5.74) is 1.27. The third-order valence-corrected chi connectivity index (χ3v) is 5.48. The third kappa shape index (κ3) is 3.72. The van der Waals surface area contributed by atoms with Gasteiger partial charge in [0, 0.05) is 0 Å². The molecule has 2 aliphatic rings. The van der Waals surface area contributed by atoms with Crippen molar-refractivity contribution in [3.8, 4) is 0 Å². The van der Waals surface area contributed by atoms with E-state index in [1.807, 2.05) is 6.07 Å². The van der Waals surface area contributed by atoms with Gasteiger partial charge in [-0.3, -0.25) is 0 Å². The number of allylic oxidation sites excluding steroid dienone is 1. The van der Waals surface area contributed by atoms with Gasteiger partial charge in [-0.2, -0.15) is 0 Å². The van der Waals surface area contributed by atoms with Crippen LogP contribution in [0.5, 0.6) is 0 Å². The molecule has 1 saturated carbocycles. The van der Waals surface area contributed by atoms with Crippen molar-refractivity contribution in [2.24, 2.45) is 17.3 Å². The van der Waals surface area contributed by atoms with Gasteiger partial charge in [0.05, 0.1) is 12.1 Å². The Bertz CT molecular complexity index is 554. The van der Waals surface area contributed by atoms with Gasteiger partial charge in [-0.1, -0.05) is 51.1 Å². The predicted octanol–water partition coefficient (Wildman–Crippen LogP) is 4.01. The Labute approximate surface area is 139 Å². The number of hydrogen-bond donors (Lipinski definition) is 2. The lowest BCUT2D eigenvalue weighted by atomic mass is 9.67. The summed E-state index contributed by atoms with van der Waals surface area (Å²) in [7, 11) is 0. The molecule has 0 amide bonds. The zero-order chi connectivity index (χ0) is 16.4. The Hall–Kier alpha value is -1.48. The monoisotopic (exact) mass is 315 g/mol. The van der Waals surface area contributed by atoms with Gasteiger partial charge in [0.15, 0.2) is 5.88 Å². The number of rotatable bonds is 3. The summed E-state index contributed by atoms with van der Waals surface area (Å²) in [6.45, 7) is 7.33. The summed E-state index contributed by atoms with van der Waals surface area (Å²) in [6, 6.07) is 10.6. The maximum absolute atomic E-state index is 10.5. The van der Waals surface area contributed by atoms with Crippen LogP contribution in [0.3, 0.4) is 0 Å². The first-order valence-electron chi connectivity index (χ1n) is 8.82. The molecule has 23 heavy (non-hydrogen) atoms. The van der Waals surface area contributed by atoms with Crippen LogP contribution in [0, 0.1) is 17.3 Å². The van der Waals surface area contributed by atoms with E-state index in [2.05, 4.69) is 56.4 Å². The lowest BCUT2D eigenvalue weighted by Crippen LogP contribution is -2.37. The minimum absolute atomic E-state index is 0.0126. The second-order valence-electron chi connectivity index (χ2n) is 7.80. The highest BCUT2D eigenvalue weighted by Gasteiger charge is 2.38. The van der Waals surface area contributed by atoms with Gasteiger partial charge in [0.25, 0.3) is 0 Å².